The van der Waals surface area contributed by atoms with Gasteiger partial charge in [0.25, 0.3) is 0 Å². The first kappa shape index (κ1) is 12.6. The van der Waals surface area contributed by atoms with Gasteiger partial charge in [0.15, 0.2) is 0 Å². The normalized spacial score (nSPS) is 31.7. The van der Waals surface area contributed by atoms with Gasteiger partial charge in [0.1, 0.15) is 0 Å². The quantitative estimate of drug-likeness (QED) is 0.774. The Labute approximate surface area is 111 Å². The second kappa shape index (κ2) is 5.69. The molecule has 0 saturated carbocycles. The van der Waals surface area contributed by atoms with Gasteiger partial charge < -0.3 is 4.52 Å². The summed E-state index contributed by atoms with van der Waals surface area (Å²) in [6.07, 6.45) is 2.69. The molecule has 0 amide bonds. The fourth-order valence-electron chi connectivity index (χ4n) is 3.31. The Morgan fingerprint density at radius 1 is 1.17 bits per heavy atom. The van der Waals surface area contributed by atoms with Crippen LogP contribution in [-0.2, 0) is 11.1 Å². The zero-order valence-corrected chi connectivity index (χ0v) is 12.0. The van der Waals surface area contributed by atoms with Crippen LogP contribution in [0.25, 0.3) is 0 Å². The zero-order chi connectivity index (χ0) is 12.4. The van der Waals surface area contributed by atoms with E-state index in [1.54, 1.807) is 0 Å². The number of nitrogens with zero attached hydrogens (tertiary/aromatic N) is 1. The van der Waals surface area contributed by atoms with Gasteiger partial charge in [0.05, 0.1) is 0 Å². The van der Waals surface area contributed by atoms with Gasteiger partial charge in [-0.15, -0.1) is 0 Å². The molecule has 1 aromatic rings. The van der Waals surface area contributed by atoms with Gasteiger partial charge in [-0.1, -0.05) is 30.3 Å². The Morgan fingerprint density at radius 3 is 2.44 bits per heavy atom. The second-order valence-corrected chi connectivity index (χ2v) is 7.42. The molecular weight excluding hydrogens is 241 g/mol. The van der Waals surface area contributed by atoms with Crippen LogP contribution in [0.15, 0.2) is 30.3 Å². The molecule has 3 heteroatoms. The summed E-state index contributed by atoms with van der Waals surface area (Å²) in [5, 5.41) is 0. The summed E-state index contributed by atoms with van der Waals surface area (Å²) >= 11 is 0. The summed E-state index contributed by atoms with van der Waals surface area (Å²) in [4.78, 5) is 2.63. The molecule has 1 aromatic carbocycles. The van der Waals surface area contributed by atoms with Crippen molar-refractivity contribution in [2.45, 2.75) is 13.5 Å². The molecule has 0 aromatic heterocycles. The van der Waals surface area contributed by atoms with E-state index >= 15 is 0 Å². The summed E-state index contributed by atoms with van der Waals surface area (Å²) in [6, 6.07) is 10.8. The highest BCUT2D eigenvalue weighted by atomic mass is 31.1. The highest BCUT2D eigenvalue weighted by Crippen LogP contribution is 2.52. The minimum Gasteiger partial charge on any atom is -0.359 e. The molecule has 2 aliphatic heterocycles. The minimum absolute atomic E-state index is 0.0834. The van der Waals surface area contributed by atoms with E-state index in [1.165, 1.54) is 31.0 Å². The van der Waals surface area contributed by atoms with Crippen LogP contribution in [0, 0.1) is 11.8 Å². The first-order chi connectivity index (χ1) is 8.85. The molecule has 18 heavy (non-hydrogen) atoms. The lowest BCUT2D eigenvalue weighted by Gasteiger charge is -2.18. The first-order valence-corrected chi connectivity index (χ1v) is 8.62. The molecule has 2 aliphatic rings. The molecule has 0 spiro atoms. The number of rotatable bonds is 4. The van der Waals surface area contributed by atoms with Gasteiger partial charge in [0, 0.05) is 34.4 Å². The van der Waals surface area contributed by atoms with Crippen molar-refractivity contribution in [3.8, 4) is 0 Å². The third-order valence-corrected chi connectivity index (χ3v) is 6.46. The highest BCUT2D eigenvalue weighted by Gasteiger charge is 2.41. The van der Waals surface area contributed by atoms with Crippen LogP contribution >= 0.6 is 8.15 Å². The first-order valence-electron chi connectivity index (χ1n) is 6.99. The number of likely N-dealkylation sites (tertiary alicyclic amines) is 1. The zero-order valence-electron chi connectivity index (χ0n) is 11.1. The molecule has 0 radical (unpaired) electrons. The second-order valence-electron chi connectivity index (χ2n) is 5.46. The van der Waals surface area contributed by atoms with Crippen molar-refractivity contribution in [2.75, 3.05) is 32.0 Å². The lowest BCUT2D eigenvalue weighted by Crippen LogP contribution is -2.21. The Kier molecular flexibility index (Phi) is 3.98. The van der Waals surface area contributed by atoms with Gasteiger partial charge in [-0.05, 0) is 36.6 Å². The van der Waals surface area contributed by atoms with Crippen molar-refractivity contribution in [1.29, 1.82) is 0 Å². The third-order valence-electron chi connectivity index (χ3n) is 4.09. The predicted octanol–water partition coefficient (Wildman–Crippen LogP) is 3.18. The summed E-state index contributed by atoms with van der Waals surface area (Å²) in [6.45, 7) is 6.72. The highest BCUT2D eigenvalue weighted by molar-refractivity contribution is 7.52. The summed E-state index contributed by atoms with van der Waals surface area (Å²) in [5.41, 5.74) is 1.45. The SMILES string of the molecule is CCOP1CC2CN(Cc3ccccc3)C[C@@H]2C1. The molecular formula is C15H22NOP. The number of benzene rings is 1. The molecule has 0 bridgehead atoms. The fourth-order valence-corrected chi connectivity index (χ4v) is 5.90. The molecule has 98 valence electrons. The van der Waals surface area contributed by atoms with E-state index in [0.717, 1.165) is 25.0 Å². The maximum absolute atomic E-state index is 5.84. The van der Waals surface area contributed by atoms with Gasteiger partial charge in [-0.2, -0.15) is 0 Å². The summed E-state index contributed by atoms with van der Waals surface area (Å²) < 4.78 is 5.84. The minimum atomic E-state index is -0.0834. The largest absolute Gasteiger partial charge is 0.359 e. The van der Waals surface area contributed by atoms with Crippen molar-refractivity contribution >= 4 is 8.15 Å². The molecule has 2 unspecified atom stereocenters. The predicted molar refractivity (Wildman–Crippen MR) is 77.0 cm³/mol. The monoisotopic (exact) mass is 263 g/mol. The van der Waals surface area contributed by atoms with Gasteiger partial charge in [-0.25, -0.2) is 0 Å². The van der Waals surface area contributed by atoms with Crippen molar-refractivity contribution in [3.63, 3.8) is 0 Å². The average Bonchev–Trinajstić information content (AvgIpc) is 2.88. The van der Waals surface area contributed by atoms with Crippen molar-refractivity contribution in [3.05, 3.63) is 35.9 Å². The van der Waals surface area contributed by atoms with Crippen LogP contribution in [-0.4, -0.2) is 36.9 Å². The average molecular weight is 263 g/mol. The lowest BCUT2D eigenvalue weighted by atomic mass is 10.0. The molecule has 2 nitrogen and oxygen atoms in total. The van der Waals surface area contributed by atoms with E-state index in [9.17, 15) is 0 Å². The van der Waals surface area contributed by atoms with E-state index < -0.39 is 0 Å². The molecule has 2 fully saturated rings. The van der Waals surface area contributed by atoms with Crippen molar-refractivity contribution in [1.82, 2.24) is 4.90 Å². The standard InChI is InChI=1S/C15H22NOP/c1-2-17-18-11-14-9-16(10-15(14)12-18)8-13-6-4-3-5-7-13/h3-7,14-15H,2,8-12H2,1H3/t14-,15?,18?/m1/s1. The molecule has 3 rings (SSSR count). The third kappa shape index (κ3) is 2.77. The van der Waals surface area contributed by atoms with E-state index in [1.807, 2.05) is 0 Å². The molecule has 3 atom stereocenters. The summed E-state index contributed by atoms with van der Waals surface area (Å²) in [7, 11) is -0.0834. The van der Waals surface area contributed by atoms with Gasteiger partial charge in [-0.3, -0.25) is 4.90 Å². The summed E-state index contributed by atoms with van der Waals surface area (Å²) in [5.74, 6) is 1.82. The lowest BCUT2D eigenvalue weighted by molar-refractivity contribution is 0.312. The van der Waals surface area contributed by atoms with Crippen LogP contribution in [0.4, 0.5) is 0 Å². The smallest absolute Gasteiger partial charge is 0.0480 e. The Hall–Kier alpha value is -0.430. The topological polar surface area (TPSA) is 12.5 Å². The van der Waals surface area contributed by atoms with Crippen LogP contribution in [0.3, 0.4) is 0 Å². The van der Waals surface area contributed by atoms with Crippen LogP contribution in [0.5, 0.6) is 0 Å². The number of hydrogen-bond acceptors (Lipinski definition) is 2. The van der Waals surface area contributed by atoms with Gasteiger partial charge >= 0.3 is 0 Å². The maximum Gasteiger partial charge on any atom is 0.0480 e. The number of fused-ring (bicyclic) bond motifs is 1. The van der Waals surface area contributed by atoms with E-state index in [-0.39, 0.29) is 8.15 Å². The fraction of sp³-hybridized carbons (Fsp3) is 0.600. The van der Waals surface area contributed by atoms with Crippen molar-refractivity contribution in [2.24, 2.45) is 11.8 Å². The van der Waals surface area contributed by atoms with Crippen LogP contribution < -0.4 is 0 Å². The van der Waals surface area contributed by atoms with E-state index in [0.29, 0.717) is 0 Å². The maximum atomic E-state index is 5.84. The van der Waals surface area contributed by atoms with E-state index in [4.69, 9.17) is 4.52 Å². The van der Waals surface area contributed by atoms with Gasteiger partial charge in [0.2, 0.25) is 0 Å². The Morgan fingerprint density at radius 2 is 1.83 bits per heavy atom. The number of hydrogen-bond donors (Lipinski definition) is 0. The van der Waals surface area contributed by atoms with Crippen LogP contribution in [0.1, 0.15) is 12.5 Å². The molecule has 0 N–H and O–H groups in total. The van der Waals surface area contributed by atoms with Crippen molar-refractivity contribution < 1.29 is 4.52 Å². The van der Waals surface area contributed by atoms with E-state index in [2.05, 4.69) is 42.2 Å². The molecule has 0 aliphatic carbocycles. The Balaban J connectivity index is 1.53. The Bertz CT molecular complexity index is 369. The molecule has 2 heterocycles. The molecule has 2 saturated heterocycles. The van der Waals surface area contributed by atoms with Crippen LogP contribution in [0.2, 0.25) is 0 Å².